The number of hydrogen-bond acceptors (Lipinski definition) is 4. The van der Waals surface area contributed by atoms with Crippen molar-refractivity contribution in [3.8, 4) is 17.6 Å². The second-order valence-corrected chi connectivity index (χ2v) is 12.8. The second-order valence-electron chi connectivity index (χ2n) is 8.10. The zero-order chi connectivity index (χ0) is 19.8. The van der Waals surface area contributed by atoms with Gasteiger partial charge < -0.3 is 13.9 Å². The molecule has 0 amide bonds. The fraction of sp³-hybridized carbons (Fsp3) is 0.318. The van der Waals surface area contributed by atoms with Gasteiger partial charge in [0, 0.05) is 10.9 Å². The van der Waals surface area contributed by atoms with Crippen LogP contribution in [0.25, 0.3) is 21.7 Å². The van der Waals surface area contributed by atoms with Gasteiger partial charge in [0.05, 0.1) is 10.8 Å². The van der Waals surface area contributed by atoms with Crippen molar-refractivity contribution in [3.63, 3.8) is 0 Å². The Hall–Kier alpha value is -2.55. The number of hydrogen-bond donors (Lipinski definition) is 1. The predicted molar refractivity (Wildman–Crippen MR) is 112 cm³/mol. The standard InChI is InChI=1S/C22H24O4Si/c1-22(2,3)27(4,5)26-19-10-6-9-18-20(19)16-12-11-15(8-7-13-23)14-17(16)21(24)25-18/h6,9-12,14,23H,13H2,1-5H3. The van der Waals surface area contributed by atoms with E-state index in [1.54, 1.807) is 12.1 Å². The van der Waals surface area contributed by atoms with Crippen LogP contribution >= 0.6 is 0 Å². The van der Waals surface area contributed by atoms with Gasteiger partial charge in [-0.05, 0) is 42.4 Å². The summed E-state index contributed by atoms with van der Waals surface area (Å²) in [4.78, 5) is 12.5. The highest BCUT2D eigenvalue weighted by Crippen LogP contribution is 2.40. The van der Waals surface area contributed by atoms with E-state index in [2.05, 4.69) is 45.7 Å². The van der Waals surface area contributed by atoms with Gasteiger partial charge in [0.15, 0.2) is 0 Å². The Bertz CT molecular complexity index is 1120. The molecule has 0 radical (unpaired) electrons. The van der Waals surface area contributed by atoms with E-state index >= 15 is 0 Å². The Balaban J connectivity index is 2.28. The topological polar surface area (TPSA) is 59.7 Å². The van der Waals surface area contributed by atoms with Crippen LogP contribution in [0.2, 0.25) is 18.1 Å². The summed E-state index contributed by atoms with van der Waals surface area (Å²) in [5.74, 6) is 6.17. The summed E-state index contributed by atoms with van der Waals surface area (Å²) in [6.07, 6.45) is 0. The molecule has 1 heterocycles. The van der Waals surface area contributed by atoms with Crippen molar-refractivity contribution in [1.29, 1.82) is 0 Å². The maximum Gasteiger partial charge on any atom is 0.344 e. The summed E-state index contributed by atoms with van der Waals surface area (Å²) < 4.78 is 12.1. The van der Waals surface area contributed by atoms with Crippen molar-refractivity contribution in [2.24, 2.45) is 0 Å². The molecule has 140 valence electrons. The minimum Gasteiger partial charge on any atom is -0.543 e. The molecular weight excluding hydrogens is 356 g/mol. The monoisotopic (exact) mass is 380 g/mol. The summed E-state index contributed by atoms with van der Waals surface area (Å²) >= 11 is 0. The van der Waals surface area contributed by atoms with Crippen LogP contribution in [0, 0.1) is 11.8 Å². The van der Waals surface area contributed by atoms with Gasteiger partial charge in [-0.1, -0.05) is 44.7 Å². The van der Waals surface area contributed by atoms with Crippen molar-refractivity contribution in [2.45, 2.75) is 38.9 Å². The van der Waals surface area contributed by atoms with Gasteiger partial charge in [0.25, 0.3) is 8.32 Å². The van der Waals surface area contributed by atoms with E-state index in [-0.39, 0.29) is 11.6 Å². The first kappa shape index (κ1) is 19.2. The number of aliphatic hydroxyl groups excluding tert-OH is 1. The van der Waals surface area contributed by atoms with Crippen molar-refractivity contribution in [2.75, 3.05) is 6.61 Å². The first-order chi connectivity index (χ1) is 12.6. The lowest BCUT2D eigenvalue weighted by Crippen LogP contribution is -2.43. The van der Waals surface area contributed by atoms with E-state index in [4.69, 9.17) is 13.9 Å². The summed E-state index contributed by atoms with van der Waals surface area (Å²) in [7, 11) is -2.06. The molecule has 3 aromatic rings. The molecule has 0 aliphatic rings. The van der Waals surface area contributed by atoms with Gasteiger partial charge in [-0.15, -0.1) is 0 Å². The van der Waals surface area contributed by atoms with Crippen molar-refractivity contribution >= 4 is 30.1 Å². The molecule has 0 saturated carbocycles. The van der Waals surface area contributed by atoms with Gasteiger partial charge in [-0.3, -0.25) is 0 Å². The Morgan fingerprint density at radius 2 is 1.89 bits per heavy atom. The van der Waals surface area contributed by atoms with E-state index in [0.717, 1.165) is 16.5 Å². The fourth-order valence-corrected chi connectivity index (χ4v) is 3.71. The molecule has 3 rings (SSSR count). The van der Waals surface area contributed by atoms with Gasteiger partial charge in [0.2, 0.25) is 0 Å². The minimum absolute atomic E-state index is 0.0492. The maximum absolute atomic E-state index is 12.5. The highest BCUT2D eigenvalue weighted by molar-refractivity contribution is 6.74. The lowest BCUT2D eigenvalue weighted by atomic mass is 10.0. The van der Waals surface area contributed by atoms with Crippen molar-refractivity contribution < 1.29 is 13.9 Å². The Labute approximate surface area is 159 Å². The lowest BCUT2D eigenvalue weighted by molar-refractivity contribution is 0.350. The van der Waals surface area contributed by atoms with Gasteiger partial charge in [-0.25, -0.2) is 4.79 Å². The number of fused-ring (bicyclic) bond motifs is 3. The molecule has 1 aromatic heterocycles. The number of aliphatic hydroxyl groups is 1. The van der Waals surface area contributed by atoms with E-state index in [1.807, 2.05) is 24.3 Å². The lowest BCUT2D eigenvalue weighted by Gasteiger charge is -2.36. The molecule has 1 N–H and O–H groups in total. The van der Waals surface area contributed by atoms with Gasteiger partial charge >= 0.3 is 5.63 Å². The number of benzene rings is 2. The van der Waals surface area contributed by atoms with Crippen LogP contribution in [0.5, 0.6) is 5.75 Å². The van der Waals surface area contributed by atoms with Crippen LogP contribution in [-0.4, -0.2) is 20.0 Å². The van der Waals surface area contributed by atoms with Crippen molar-refractivity contribution in [1.82, 2.24) is 0 Å². The molecule has 0 aliphatic heterocycles. The average molecular weight is 381 g/mol. The minimum atomic E-state index is -2.06. The summed E-state index contributed by atoms with van der Waals surface area (Å²) in [6.45, 7) is 10.7. The van der Waals surface area contributed by atoms with Crippen LogP contribution in [0.15, 0.2) is 45.6 Å². The average Bonchev–Trinajstić information content (AvgIpc) is 2.59. The first-order valence-corrected chi connectivity index (χ1v) is 11.8. The molecule has 0 spiro atoms. The molecule has 0 aliphatic carbocycles. The Morgan fingerprint density at radius 3 is 2.56 bits per heavy atom. The summed E-state index contributed by atoms with van der Waals surface area (Å²) in [5, 5.41) is 11.0. The van der Waals surface area contributed by atoms with E-state index in [9.17, 15) is 4.79 Å². The zero-order valence-corrected chi connectivity index (χ0v) is 17.3. The SMILES string of the molecule is CC(C)(C)[Si](C)(C)Oc1cccc2oc(=O)c3cc(C#CCO)ccc3c12. The summed E-state index contributed by atoms with van der Waals surface area (Å²) in [6, 6.07) is 11.0. The Morgan fingerprint density at radius 1 is 1.15 bits per heavy atom. The molecule has 0 atom stereocenters. The molecule has 4 nitrogen and oxygen atoms in total. The quantitative estimate of drug-likeness (QED) is 0.304. The molecule has 27 heavy (non-hydrogen) atoms. The predicted octanol–water partition coefficient (Wildman–Crippen LogP) is 4.67. The van der Waals surface area contributed by atoms with E-state index in [1.165, 1.54) is 0 Å². The zero-order valence-electron chi connectivity index (χ0n) is 16.3. The van der Waals surface area contributed by atoms with Crippen LogP contribution in [0.1, 0.15) is 26.3 Å². The highest BCUT2D eigenvalue weighted by Gasteiger charge is 2.39. The fourth-order valence-electron chi connectivity index (χ4n) is 2.68. The van der Waals surface area contributed by atoms with Gasteiger partial charge in [-0.2, -0.15) is 0 Å². The molecular formula is C22H24O4Si. The largest absolute Gasteiger partial charge is 0.543 e. The van der Waals surface area contributed by atoms with E-state index in [0.29, 0.717) is 16.5 Å². The number of rotatable bonds is 2. The molecule has 0 saturated heterocycles. The second kappa shape index (κ2) is 6.88. The highest BCUT2D eigenvalue weighted by atomic mass is 28.4. The van der Waals surface area contributed by atoms with Gasteiger partial charge in [0.1, 0.15) is 17.9 Å². The smallest absolute Gasteiger partial charge is 0.344 e. The normalized spacial score (nSPS) is 12.1. The molecule has 0 bridgehead atoms. The first-order valence-electron chi connectivity index (χ1n) is 8.92. The summed E-state index contributed by atoms with van der Waals surface area (Å²) in [5.41, 5.74) is 0.763. The van der Waals surface area contributed by atoms with E-state index < -0.39 is 13.9 Å². The van der Waals surface area contributed by atoms with Crippen LogP contribution < -0.4 is 10.1 Å². The third-order valence-electron chi connectivity index (χ3n) is 5.18. The third kappa shape index (κ3) is 3.64. The third-order valence-corrected chi connectivity index (χ3v) is 9.53. The molecule has 0 unspecified atom stereocenters. The van der Waals surface area contributed by atoms with Crippen LogP contribution in [0.4, 0.5) is 0 Å². The molecule has 0 fully saturated rings. The van der Waals surface area contributed by atoms with Crippen molar-refractivity contribution in [3.05, 3.63) is 52.4 Å². The maximum atomic E-state index is 12.5. The Kier molecular flexibility index (Phi) is 4.89. The molecule has 5 heteroatoms. The van der Waals surface area contributed by atoms with Crippen LogP contribution in [-0.2, 0) is 0 Å². The van der Waals surface area contributed by atoms with Crippen LogP contribution in [0.3, 0.4) is 0 Å². The molecule has 2 aromatic carbocycles.